The fourth-order valence-electron chi connectivity index (χ4n) is 2.50. The molecule has 0 aliphatic heterocycles. The fraction of sp³-hybridized carbons (Fsp3) is 0.167. The molecule has 2 N–H and O–H groups in total. The average Bonchev–Trinajstić information content (AvgIpc) is 2.98. The Kier molecular flexibility index (Phi) is 4.01. The van der Waals surface area contributed by atoms with Gasteiger partial charge in [0.1, 0.15) is 0 Å². The van der Waals surface area contributed by atoms with E-state index in [1.54, 1.807) is 0 Å². The number of rotatable bonds is 5. The number of carbonyl (C=O) groups is 1. The molecule has 0 atom stereocenters. The number of nitrogens with one attached hydrogen (secondary N) is 2. The van der Waals surface area contributed by atoms with Crippen LogP contribution in [0.3, 0.4) is 0 Å². The monoisotopic (exact) mass is 278 g/mol. The van der Waals surface area contributed by atoms with Gasteiger partial charge >= 0.3 is 0 Å². The van der Waals surface area contributed by atoms with Crippen LogP contribution in [0.5, 0.6) is 0 Å². The summed E-state index contributed by atoms with van der Waals surface area (Å²) in [5.41, 5.74) is 3.19. The molecule has 1 heterocycles. The number of aromatic amines is 1. The smallest absolute Gasteiger partial charge is 0.224 e. The fourth-order valence-corrected chi connectivity index (χ4v) is 2.50. The van der Waals surface area contributed by atoms with Crippen LogP contribution in [0.25, 0.3) is 10.9 Å². The molecule has 1 amide bonds. The lowest BCUT2D eigenvalue weighted by Crippen LogP contribution is -2.11. The van der Waals surface area contributed by atoms with Crippen molar-refractivity contribution in [3.05, 3.63) is 66.4 Å². The number of aromatic nitrogens is 1. The number of H-pyrrole nitrogens is 1. The molecule has 0 fully saturated rings. The van der Waals surface area contributed by atoms with E-state index in [0.717, 1.165) is 29.4 Å². The van der Waals surface area contributed by atoms with E-state index >= 15 is 0 Å². The van der Waals surface area contributed by atoms with Gasteiger partial charge in [0.05, 0.1) is 5.69 Å². The SMILES string of the molecule is O=C(CCCc1ccccc1)Nc1cccc2[nH]ccc12. The highest BCUT2D eigenvalue weighted by Crippen LogP contribution is 2.22. The van der Waals surface area contributed by atoms with Crippen LogP contribution in [0.15, 0.2) is 60.8 Å². The largest absolute Gasteiger partial charge is 0.361 e. The summed E-state index contributed by atoms with van der Waals surface area (Å²) in [6, 6.07) is 18.1. The normalized spacial score (nSPS) is 10.7. The molecule has 0 aliphatic carbocycles. The van der Waals surface area contributed by atoms with Gasteiger partial charge in [-0.25, -0.2) is 0 Å². The number of aryl methyl sites for hydroxylation is 1. The van der Waals surface area contributed by atoms with E-state index in [4.69, 9.17) is 0 Å². The molecule has 0 radical (unpaired) electrons. The van der Waals surface area contributed by atoms with Gasteiger partial charge in [-0.3, -0.25) is 4.79 Å². The van der Waals surface area contributed by atoms with Gasteiger partial charge in [-0.2, -0.15) is 0 Å². The molecule has 0 saturated heterocycles. The van der Waals surface area contributed by atoms with Gasteiger partial charge in [0.2, 0.25) is 5.91 Å². The topological polar surface area (TPSA) is 44.9 Å². The van der Waals surface area contributed by atoms with Crippen molar-refractivity contribution in [1.82, 2.24) is 4.98 Å². The number of amides is 1. The van der Waals surface area contributed by atoms with Gasteiger partial charge in [-0.1, -0.05) is 36.4 Å². The van der Waals surface area contributed by atoms with Gasteiger partial charge in [0.15, 0.2) is 0 Å². The van der Waals surface area contributed by atoms with Crippen molar-refractivity contribution in [1.29, 1.82) is 0 Å². The quantitative estimate of drug-likeness (QED) is 0.724. The van der Waals surface area contributed by atoms with E-state index in [0.29, 0.717) is 6.42 Å². The molecule has 3 rings (SSSR count). The molecule has 0 unspecified atom stereocenters. The first-order valence-corrected chi connectivity index (χ1v) is 7.23. The Balaban J connectivity index is 1.56. The van der Waals surface area contributed by atoms with E-state index < -0.39 is 0 Å². The number of hydrogen-bond donors (Lipinski definition) is 2. The summed E-state index contributed by atoms with van der Waals surface area (Å²) >= 11 is 0. The lowest BCUT2D eigenvalue weighted by Gasteiger charge is -2.06. The molecule has 3 heteroatoms. The number of anilines is 1. The summed E-state index contributed by atoms with van der Waals surface area (Å²) < 4.78 is 0. The van der Waals surface area contributed by atoms with Gasteiger partial charge in [0, 0.05) is 23.5 Å². The lowest BCUT2D eigenvalue weighted by molar-refractivity contribution is -0.116. The maximum atomic E-state index is 12.0. The van der Waals surface area contributed by atoms with E-state index in [-0.39, 0.29) is 5.91 Å². The van der Waals surface area contributed by atoms with Crippen LogP contribution in [0.2, 0.25) is 0 Å². The van der Waals surface area contributed by atoms with Crippen molar-refractivity contribution in [2.24, 2.45) is 0 Å². The summed E-state index contributed by atoms with van der Waals surface area (Å²) in [5.74, 6) is 0.0691. The van der Waals surface area contributed by atoms with Crippen LogP contribution in [0, 0.1) is 0 Å². The number of carbonyl (C=O) groups excluding carboxylic acids is 1. The maximum absolute atomic E-state index is 12.0. The highest BCUT2D eigenvalue weighted by molar-refractivity contribution is 6.01. The Morgan fingerprint density at radius 1 is 1.00 bits per heavy atom. The van der Waals surface area contributed by atoms with Gasteiger partial charge in [-0.05, 0) is 36.6 Å². The first kappa shape index (κ1) is 13.4. The molecule has 2 aromatic carbocycles. The summed E-state index contributed by atoms with van der Waals surface area (Å²) in [7, 11) is 0. The minimum absolute atomic E-state index is 0.0691. The summed E-state index contributed by atoms with van der Waals surface area (Å²) in [6.45, 7) is 0. The van der Waals surface area contributed by atoms with E-state index in [9.17, 15) is 4.79 Å². The van der Waals surface area contributed by atoms with Crippen molar-refractivity contribution >= 4 is 22.5 Å². The third-order valence-corrected chi connectivity index (χ3v) is 3.58. The highest BCUT2D eigenvalue weighted by atomic mass is 16.1. The Morgan fingerprint density at radius 2 is 1.86 bits per heavy atom. The molecule has 3 aromatic rings. The second kappa shape index (κ2) is 6.27. The standard InChI is InChI=1S/C18H18N2O/c21-18(11-4-8-14-6-2-1-3-7-14)20-17-10-5-9-16-15(17)12-13-19-16/h1-3,5-7,9-10,12-13,19H,4,8,11H2,(H,20,21). The van der Waals surface area contributed by atoms with Gasteiger partial charge in [-0.15, -0.1) is 0 Å². The zero-order valence-electron chi connectivity index (χ0n) is 11.8. The van der Waals surface area contributed by atoms with Crippen LogP contribution < -0.4 is 5.32 Å². The molecular formula is C18H18N2O. The summed E-state index contributed by atoms with van der Waals surface area (Å²) in [6.07, 6.45) is 4.22. The second-order valence-corrected chi connectivity index (χ2v) is 5.13. The predicted octanol–water partition coefficient (Wildman–Crippen LogP) is 4.13. The molecule has 0 bridgehead atoms. The summed E-state index contributed by atoms with van der Waals surface area (Å²) in [5, 5.41) is 4.05. The zero-order chi connectivity index (χ0) is 14.5. The first-order valence-electron chi connectivity index (χ1n) is 7.23. The van der Waals surface area contributed by atoms with Crippen molar-refractivity contribution < 1.29 is 4.79 Å². The third-order valence-electron chi connectivity index (χ3n) is 3.58. The minimum atomic E-state index is 0.0691. The molecule has 3 nitrogen and oxygen atoms in total. The Hall–Kier alpha value is -2.55. The van der Waals surface area contributed by atoms with Crippen molar-refractivity contribution in [2.45, 2.75) is 19.3 Å². The zero-order valence-corrected chi connectivity index (χ0v) is 11.8. The van der Waals surface area contributed by atoms with Crippen LogP contribution in [-0.4, -0.2) is 10.9 Å². The molecule has 1 aromatic heterocycles. The summed E-state index contributed by atoms with van der Waals surface area (Å²) in [4.78, 5) is 15.2. The third kappa shape index (κ3) is 3.31. The van der Waals surface area contributed by atoms with Crippen LogP contribution in [0.4, 0.5) is 5.69 Å². The van der Waals surface area contributed by atoms with Crippen LogP contribution in [0.1, 0.15) is 18.4 Å². The van der Waals surface area contributed by atoms with E-state index in [1.807, 2.05) is 48.7 Å². The van der Waals surface area contributed by atoms with E-state index in [2.05, 4.69) is 22.4 Å². The van der Waals surface area contributed by atoms with Crippen LogP contribution in [-0.2, 0) is 11.2 Å². The maximum Gasteiger partial charge on any atom is 0.224 e. The van der Waals surface area contributed by atoms with Crippen molar-refractivity contribution in [2.75, 3.05) is 5.32 Å². The Bertz CT molecular complexity index is 731. The molecule has 0 spiro atoms. The molecule has 0 saturated carbocycles. The van der Waals surface area contributed by atoms with Gasteiger partial charge < -0.3 is 10.3 Å². The predicted molar refractivity (Wildman–Crippen MR) is 86.3 cm³/mol. The van der Waals surface area contributed by atoms with Crippen molar-refractivity contribution in [3.63, 3.8) is 0 Å². The first-order chi connectivity index (χ1) is 10.3. The highest BCUT2D eigenvalue weighted by Gasteiger charge is 2.06. The van der Waals surface area contributed by atoms with Crippen molar-refractivity contribution in [3.8, 4) is 0 Å². The Labute approximate surface area is 124 Å². The minimum Gasteiger partial charge on any atom is -0.361 e. The molecule has 0 aliphatic rings. The molecule has 106 valence electrons. The second-order valence-electron chi connectivity index (χ2n) is 5.13. The number of benzene rings is 2. The lowest BCUT2D eigenvalue weighted by atomic mass is 10.1. The molecular weight excluding hydrogens is 260 g/mol. The Morgan fingerprint density at radius 3 is 2.71 bits per heavy atom. The van der Waals surface area contributed by atoms with Gasteiger partial charge in [0.25, 0.3) is 0 Å². The molecule has 21 heavy (non-hydrogen) atoms. The van der Waals surface area contributed by atoms with E-state index in [1.165, 1.54) is 5.56 Å². The number of hydrogen-bond acceptors (Lipinski definition) is 1. The van der Waals surface area contributed by atoms with Crippen LogP contribution >= 0.6 is 0 Å². The average molecular weight is 278 g/mol. The number of fused-ring (bicyclic) bond motifs is 1.